The smallest absolute Gasteiger partial charge is 0.188 e. The molecule has 0 amide bonds. The Morgan fingerprint density at radius 3 is 2.50 bits per heavy atom. The number of rotatable bonds is 2. The number of fused-ring (bicyclic) bond motifs is 1. The molecule has 4 heteroatoms. The number of methoxy groups -OCH3 is 2. The second-order valence-corrected chi connectivity index (χ2v) is 2.73. The molecule has 0 aliphatic carbocycles. The van der Waals surface area contributed by atoms with Crippen molar-refractivity contribution in [2.45, 2.75) is 0 Å². The van der Waals surface area contributed by atoms with E-state index < -0.39 is 0 Å². The molecular weight excluding hydrogens is 180 g/mol. The molecule has 4 nitrogen and oxygen atoms in total. The lowest BCUT2D eigenvalue weighted by atomic mass is 10.2. The van der Waals surface area contributed by atoms with E-state index in [0.717, 1.165) is 5.52 Å². The zero-order valence-electron chi connectivity index (χ0n) is 8.02. The van der Waals surface area contributed by atoms with Crippen LogP contribution < -0.4 is 9.47 Å². The van der Waals surface area contributed by atoms with Crippen molar-refractivity contribution >= 4 is 11.0 Å². The van der Waals surface area contributed by atoms with E-state index in [2.05, 4.69) is 9.97 Å². The number of aromatic nitrogens is 2. The molecule has 0 saturated carbocycles. The minimum Gasteiger partial charge on any atom is -0.493 e. The van der Waals surface area contributed by atoms with Gasteiger partial charge in [0.1, 0.15) is 5.52 Å². The van der Waals surface area contributed by atoms with Gasteiger partial charge in [0.15, 0.2) is 11.5 Å². The van der Waals surface area contributed by atoms with E-state index in [1.807, 2.05) is 12.1 Å². The number of ether oxygens (including phenoxy) is 2. The zero-order chi connectivity index (χ0) is 9.97. The Morgan fingerprint density at radius 1 is 1.00 bits per heavy atom. The molecule has 0 unspecified atom stereocenters. The van der Waals surface area contributed by atoms with Gasteiger partial charge < -0.3 is 9.47 Å². The average molecular weight is 190 g/mol. The quantitative estimate of drug-likeness (QED) is 0.722. The molecule has 0 atom stereocenters. The SMILES string of the molecule is COc1ccc2nccnc2c1OC. The van der Waals surface area contributed by atoms with Gasteiger partial charge in [-0.25, -0.2) is 4.98 Å². The van der Waals surface area contributed by atoms with Gasteiger partial charge in [-0.2, -0.15) is 0 Å². The standard InChI is InChI=1S/C10H10N2O2/c1-13-8-4-3-7-9(10(8)14-2)12-6-5-11-7/h3-6H,1-2H3. The van der Waals surface area contributed by atoms with Crippen LogP contribution in [0.2, 0.25) is 0 Å². The number of nitrogens with zero attached hydrogens (tertiary/aromatic N) is 2. The van der Waals surface area contributed by atoms with Gasteiger partial charge in [0.25, 0.3) is 0 Å². The molecule has 1 heterocycles. The lowest BCUT2D eigenvalue weighted by molar-refractivity contribution is 0.358. The molecule has 0 N–H and O–H groups in total. The fourth-order valence-corrected chi connectivity index (χ4v) is 1.35. The third kappa shape index (κ3) is 1.25. The van der Waals surface area contributed by atoms with Crippen LogP contribution in [0.15, 0.2) is 24.5 Å². The van der Waals surface area contributed by atoms with Crippen LogP contribution >= 0.6 is 0 Å². The maximum Gasteiger partial charge on any atom is 0.188 e. The molecule has 14 heavy (non-hydrogen) atoms. The van der Waals surface area contributed by atoms with Crippen LogP contribution in [-0.4, -0.2) is 24.2 Å². The molecule has 0 spiro atoms. The summed E-state index contributed by atoms with van der Waals surface area (Å²) in [7, 11) is 3.19. The number of benzene rings is 1. The first-order valence-electron chi connectivity index (χ1n) is 4.18. The van der Waals surface area contributed by atoms with E-state index in [4.69, 9.17) is 9.47 Å². The Balaban J connectivity index is 2.77. The van der Waals surface area contributed by atoms with Crippen LogP contribution in [0, 0.1) is 0 Å². The molecule has 2 aromatic rings. The van der Waals surface area contributed by atoms with Gasteiger partial charge in [-0.05, 0) is 12.1 Å². The second kappa shape index (κ2) is 3.49. The van der Waals surface area contributed by atoms with E-state index in [9.17, 15) is 0 Å². The van der Waals surface area contributed by atoms with Crippen LogP contribution in [0.3, 0.4) is 0 Å². The Hall–Kier alpha value is -1.84. The lowest BCUT2D eigenvalue weighted by Crippen LogP contribution is -1.93. The van der Waals surface area contributed by atoms with Crippen LogP contribution in [0.25, 0.3) is 11.0 Å². The molecule has 2 rings (SSSR count). The molecule has 72 valence electrons. The summed E-state index contributed by atoms with van der Waals surface area (Å²) in [5.74, 6) is 1.29. The van der Waals surface area contributed by atoms with Gasteiger partial charge in [0, 0.05) is 12.4 Å². The van der Waals surface area contributed by atoms with Crippen molar-refractivity contribution in [2.24, 2.45) is 0 Å². The topological polar surface area (TPSA) is 44.2 Å². The lowest BCUT2D eigenvalue weighted by Gasteiger charge is -2.08. The predicted molar refractivity (Wildman–Crippen MR) is 52.6 cm³/mol. The highest BCUT2D eigenvalue weighted by Crippen LogP contribution is 2.32. The molecular formula is C10H10N2O2. The first kappa shape index (κ1) is 8.74. The van der Waals surface area contributed by atoms with Crippen LogP contribution in [0.5, 0.6) is 11.5 Å². The van der Waals surface area contributed by atoms with E-state index in [1.165, 1.54) is 0 Å². The van der Waals surface area contributed by atoms with Gasteiger partial charge in [0.2, 0.25) is 0 Å². The van der Waals surface area contributed by atoms with Crippen molar-refractivity contribution in [3.63, 3.8) is 0 Å². The Labute approximate surface area is 81.5 Å². The maximum atomic E-state index is 5.22. The molecule has 0 fully saturated rings. The third-order valence-electron chi connectivity index (χ3n) is 1.98. The first-order chi connectivity index (χ1) is 6.86. The molecule has 1 aromatic heterocycles. The van der Waals surface area contributed by atoms with E-state index in [0.29, 0.717) is 17.0 Å². The molecule has 0 aliphatic rings. The van der Waals surface area contributed by atoms with Crippen molar-refractivity contribution < 1.29 is 9.47 Å². The van der Waals surface area contributed by atoms with E-state index in [1.54, 1.807) is 26.6 Å². The molecule has 0 radical (unpaired) electrons. The van der Waals surface area contributed by atoms with Gasteiger partial charge >= 0.3 is 0 Å². The second-order valence-electron chi connectivity index (χ2n) is 2.73. The molecule has 1 aromatic carbocycles. The Bertz CT molecular complexity index is 457. The van der Waals surface area contributed by atoms with E-state index in [-0.39, 0.29) is 0 Å². The summed E-state index contributed by atoms with van der Waals surface area (Å²) >= 11 is 0. The largest absolute Gasteiger partial charge is 0.493 e. The summed E-state index contributed by atoms with van der Waals surface area (Å²) in [4.78, 5) is 8.36. The van der Waals surface area contributed by atoms with Crippen molar-refractivity contribution in [3.05, 3.63) is 24.5 Å². The fraction of sp³-hybridized carbons (Fsp3) is 0.200. The molecule has 0 bridgehead atoms. The summed E-state index contributed by atoms with van der Waals surface area (Å²) in [5.41, 5.74) is 1.51. The van der Waals surface area contributed by atoms with Gasteiger partial charge in [0.05, 0.1) is 19.7 Å². The number of hydrogen-bond donors (Lipinski definition) is 0. The number of hydrogen-bond acceptors (Lipinski definition) is 4. The van der Waals surface area contributed by atoms with Crippen LogP contribution in [0.1, 0.15) is 0 Å². The summed E-state index contributed by atoms with van der Waals surface area (Å²) in [6.45, 7) is 0. The third-order valence-corrected chi connectivity index (χ3v) is 1.98. The minimum absolute atomic E-state index is 0.623. The van der Waals surface area contributed by atoms with Crippen molar-refractivity contribution in [1.29, 1.82) is 0 Å². The average Bonchev–Trinajstić information content (AvgIpc) is 2.27. The molecule has 0 aliphatic heterocycles. The zero-order valence-corrected chi connectivity index (χ0v) is 8.02. The summed E-state index contributed by atoms with van der Waals surface area (Å²) < 4.78 is 10.4. The van der Waals surface area contributed by atoms with Crippen LogP contribution in [0.4, 0.5) is 0 Å². The van der Waals surface area contributed by atoms with Crippen molar-refractivity contribution in [2.75, 3.05) is 14.2 Å². The highest BCUT2D eigenvalue weighted by molar-refractivity contribution is 5.83. The first-order valence-corrected chi connectivity index (χ1v) is 4.18. The minimum atomic E-state index is 0.623. The Kier molecular flexibility index (Phi) is 2.18. The fourth-order valence-electron chi connectivity index (χ4n) is 1.35. The van der Waals surface area contributed by atoms with Gasteiger partial charge in [-0.1, -0.05) is 0 Å². The Morgan fingerprint density at radius 2 is 1.79 bits per heavy atom. The highest BCUT2D eigenvalue weighted by atomic mass is 16.5. The summed E-state index contributed by atoms with van der Waals surface area (Å²) in [6, 6.07) is 3.67. The maximum absolute atomic E-state index is 5.22. The predicted octanol–water partition coefficient (Wildman–Crippen LogP) is 1.65. The van der Waals surface area contributed by atoms with E-state index >= 15 is 0 Å². The molecule has 0 saturated heterocycles. The van der Waals surface area contributed by atoms with Gasteiger partial charge in [-0.15, -0.1) is 0 Å². The normalized spacial score (nSPS) is 10.1. The monoisotopic (exact) mass is 190 g/mol. The highest BCUT2D eigenvalue weighted by Gasteiger charge is 2.09. The van der Waals surface area contributed by atoms with Gasteiger partial charge in [-0.3, -0.25) is 4.98 Å². The summed E-state index contributed by atoms with van der Waals surface area (Å²) in [5, 5.41) is 0. The van der Waals surface area contributed by atoms with Crippen molar-refractivity contribution in [1.82, 2.24) is 9.97 Å². The van der Waals surface area contributed by atoms with Crippen LogP contribution in [-0.2, 0) is 0 Å². The van der Waals surface area contributed by atoms with Crippen molar-refractivity contribution in [3.8, 4) is 11.5 Å². The summed E-state index contributed by atoms with van der Waals surface area (Å²) in [6.07, 6.45) is 3.28.